The number of nitrogens with one attached hydrogen (secondary N) is 1. The minimum absolute atomic E-state index is 0.202. The number of aryl methyl sites for hydroxylation is 1. The molecule has 0 saturated carbocycles. The zero-order valence-corrected chi connectivity index (χ0v) is 11.7. The van der Waals surface area contributed by atoms with Gasteiger partial charge in [-0.05, 0) is 24.1 Å². The third-order valence-corrected chi connectivity index (χ3v) is 3.57. The lowest BCUT2D eigenvalue weighted by molar-refractivity contribution is 0.447. The van der Waals surface area contributed by atoms with E-state index in [4.69, 9.17) is 0 Å². The monoisotopic (exact) mass is 329 g/mol. The molecule has 100 valence electrons. The zero-order chi connectivity index (χ0) is 14.0. The van der Waals surface area contributed by atoms with E-state index in [0.717, 1.165) is 27.7 Å². The predicted octanol–water partition coefficient (Wildman–Crippen LogP) is 4.79. The van der Waals surface area contributed by atoms with Crippen LogP contribution in [0, 0.1) is 24.4 Å². The Balaban J connectivity index is 2.12. The van der Waals surface area contributed by atoms with Gasteiger partial charge in [-0.25, -0.2) is 13.2 Å². The lowest BCUT2D eigenvalue weighted by atomic mass is 10.1. The van der Waals surface area contributed by atoms with E-state index < -0.39 is 17.5 Å². The van der Waals surface area contributed by atoms with Crippen LogP contribution >= 0.6 is 15.9 Å². The third kappa shape index (κ3) is 3.29. The van der Waals surface area contributed by atoms with Crippen molar-refractivity contribution in [2.75, 3.05) is 5.32 Å². The SMILES string of the molecule is Cc1ccc(CNc2cc(F)c(F)c(F)c2)cc1Br. The van der Waals surface area contributed by atoms with Crippen molar-refractivity contribution in [2.45, 2.75) is 13.5 Å². The first kappa shape index (κ1) is 13.9. The van der Waals surface area contributed by atoms with Gasteiger partial charge in [-0.2, -0.15) is 0 Å². The number of halogens is 4. The summed E-state index contributed by atoms with van der Waals surface area (Å²) in [5.74, 6) is -3.86. The van der Waals surface area contributed by atoms with Crippen LogP contribution in [0.3, 0.4) is 0 Å². The van der Waals surface area contributed by atoms with Gasteiger partial charge < -0.3 is 5.32 Å². The Morgan fingerprint density at radius 2 is 1.68 bits per heavy atom. The Kier molecular flexibility index (Phi) is 4.14. The molecule has 0 unspecified atom stereocenters. The van der Waals surface area contributed by atoms with E-state index in [-0.39, 0.29) is 5.69 Å². The largest absolute Gasteiger partial charge is 0.381 e. The van der Waals surface area contributed by atoms with Crippen LogP contribution in [0.15, 0.2) is 34.8 Å². The van der Waals surface area contributed by atoms with Crippen molar-refractivity contribution in [3.8, 4) is 0 Å². The molecule has 0 atom stereocenters. The van der Waals surface area contributed by atoms with E-state index >= 15 is 0 Å². The van der Waals surface area contributed by atoms with Crippen molar-refractivity contribution in [1.82, 2.24) is 0 Å². The summed E-state index contributed by atoms with van der Waals surface area (Å²) in [6.45, 7) is 2.36. The molecule has 5 heteroatoms. The summed E-state index contributed by atoms with van der Waals surface area (Å²) in [4.78, 5) is 0. The van der Waals surface area contributed by atoms with E-state index in [1.807, 2.05) is 25.1 Å². The molecular formula is C14H11BrF3N. The fourth-order valence-corrected chi connectivity index (χ4v) is 2.03. The summed E-state index contributed by atoms with van der Waals surface area (Å²) >= 11 is 3.41. The molecule has 0 fully saturated rings. The van der Waals surface area contributed by atoms with Crippen molar-refractivity contribution in [1.29, 1.82) is 0 Å². The highest BCUT2D eigenvalue weighted by molar-refractivity contribution is 9.10. The van der Waals surface area contributed by atoms with Gasteiger partial charge in [-0.1, -0.05) is 28.1 Å². The van der Waals surface area contributed by atoms with Crippen molar-refractivity contribution in [2.24, 2.45) is 0 Å². The van der Waals surface area contributed by atoms with E-state index in [1.165, 1.54) is 0 Å². The molecule has 2 rings (SSSR count). The van der Waals surface area contributed by atoms with Gasteiger partial charge in [0.05, 0.1) is 0 Å². The van der Waals surface area contributed by atoms with Crippen LogP contribution in [0.25, 0.3) is 0 Å². The molecule has 0 amide bonds. The third-order valence-electron chi connectivity index (χ3n) is 2.72. The van der Waals surface area contributed by atoms with Gasteiger partial charge >= 0.3 is 0 Å². The molecule has 0 aliphatic heterocycles. The Morgan fingerprint density at radius 3 is 2.26 bits per heavy atom. The molecule has 0 spiro atoms. The minimum Gasteiger partial charge on any atom is -0.381 e. The van der Waals surface area contributed by atoms with Crippen LogP contribution in [0.5, 0.6) is 0 Å². The highest BCUT2D eigenvalue weighted by atomic mass is 79.9. The summed E-state index contributed by atoms with van der Waals surface area (Å²) in [5.41, 5.74) is 2.25. The van der Waals surface area contributed by atoms with Crippen LogP contribution in [0.4, 0.5) is 18.9 Å². The van der Waals surface area contributed by atoms with Gasteiger partial charge in [0.1, 0.15) is 0 Å². The second kappa shape index (κ2) is 5.65. The van der Waals surface area contributed by atoms with E-state index in [9.17, 15) is 13.2 Å². The molecule has 0 heterocycles. The Hall–Kier alpha value is -1.49. The molecule has 0 aliphatic rings. The second-order valence-electron chi connectivity index (χ2n) is 4.19. The molecule has 2 aromatic rings. The second-order valence-corrected chi connectivity index (χ2v) is 5.05. The van der Waals surface area contributed by atoms with Crippen LogP contribution < -0.4 is 5.32 Å². The Morgan fingerprint density at radius 1 is 1.05 bits per heavy atom. The average molecular weight is 330 g/mol. The molecule has 19 heavy (non-hydrogen) atoms. The van der Waals surface area contributed by atoms with Gasteiger partial charge in [-0.15, -0.1) is 0 Å². The topological polar surface area (TPSA) is 12.0 Å². The molecule has 0 aromatic heterocycles. The van der Waals surface area contributed by atoms with Gasteiger partial charge in [0.25, 0.3) is 0 Å². The maximum absolute atomic E-state index is 13.0. The maximum Gasteiger partial charge on any atom is 0.194 e. The summed E-state index contributed by atoms with van der Waals surface area (Å²) in [5, 5.41) is 2.85. The van der Waals surface area contributed by atoms with Crippen LogP contribution in [0.1, 0.15) is 11.1 Å². The van der Waals surface area contributed by atoms with Gasteiger partial charge in [-0.3, -0.25) is 0 Å². The Labute approximate surface area is 117 Å². The van der Waals surface area contributed by atoms with Gasteiger partial charge in [0.15, 0.2) is 17.5 Å². The Bertz CT molecular complexity index is 591. The number of anilines is 1. The lowest BCUT2D eigenvalue weighted by Gasteiger charge is -2.09. The van der Waals surface area contributed by atoms with E-state index in [2.05, 4.69) is 21.2 Å². The summed E-state index contributed by atoms with van der Waals surface area (Å²) < 4.78 is 39.8. The van der Waals surface area contributed by atoms with Gasteiger partial charge in [0, 0.05) is 28.8 Å². The molecule has 0 radical (unpaired) electrons. The summed E-state index contributed by atoms with van der Waals surface area (Å²) in [6.07, 6.45) is 0. The van der Waals surface area contributed by atoms with Crippen LogP contribution in [-0.2, 0) is 6.54 Å². The summed E-state index contributed by atoms with van der Waals surface area (Å²) in [6, 6.07) is 7.62. The lowest BCUT2D eigenvalue weighted by Crippen LogP contribution is -2.02. The smallest absolute Gasteiger partial charge is 0.194 e. The average Bonchev–Trinajstić information content (AvgIpc) is 2.37. The number of rotatable bonds is 3. The molecule has 0 saturated heterocycles. The highest BCUT2D eigenvalue weighted by Crippen LogP contribution is 2.20. The van der Waals surface area contributed by atoms with Gasteiger partial charge in [0.2, 0.25) is 0 Å². The number of benzene rings is 2. The fourth-order valence-electron chi connectivity index (χ4n) is 1.61. The van der Waals surface area contributed by atoms with Crippen LogP contribution in [0.2, 0.25) is 0 Å². The first-order chi connectivity index (χ1) is 8.97. The standard InChI is InChI=1S/C14H11BrF3N/c1-8-2-3-9(4-11(8)15)7-19-10-5-12(16)14(18)13(17)6-10/h2-6,19H,7H2,1H3. The van der Waals surface area contributed by atoms with Crippen LogP contribution in [-0.4, -0.2) is 0 Å². The first-order valence-electron chi connectivity index (χ1n) is 5.61. The molecule has 1 N–H and O–H groups in total. The van der Waals surface area contributed by atoms with E-state index in [0.29, 0.717) is 6.54 Å². The zero-order valence-electron chi connectivity index (χ0n) is 10.1. The number of hydrogen-bond donors (Lipinski definition) is 1. The minimum atomic E-state index is -1.45. The summed E-state index contributed by atoms with van der Waals surface area (Å²) in [7, 11) is 0. The maximum atomic E-state index is 13.0. The molecule has 0 bridgehead atoms. The van der Waals surface area contributed by atoms with Crippen molar-refractivity contribution in [3.05, 3.63) is 63.4 Å². The predicted molar refractivity (Wildman–Crippen MR) is 72.5 cm³/mol. The quantitative estimate of drug-likeness (QED) is 0.798. The molecule has 0 aliphatic carbocycles. The molecule has 2 aromatic carbocycles. The highest BCUT2D eigenvalue weighted by Gasteiger charge is 2.10. The molecular weight excluding hydrogens is 319 g/mol. The van der Waals surface area contributed by atoms with E-state index in [1.54, 1.807) is 0 Å². The van der Waals surface area contributed by atoms with Crippen molar-refractivity contribution in [3.63, 3.8) is 0 Å². The van der Waals surface area contributed by atoms with Crippen molar-refractivity contribution < 1.29 is 13.2 Å². The number of hydrogen-bond acceptors (Lipinski definition) is 1. The first-order valence-corrected chi connectivity index (χ1v) is 6.40. The molecule has 1 nitrogen and oxygen atoms in total. The normalized spacial score (nSPS) is 10.6. The fraction of sp³-hybridized carbons (Fsp3) is 0.143. The van der Waals surface area contributed by atoms with Crippen molar-refractivity contribution >= 4 is 21.6 Å².